The number of benzene rings is 1. The number of rotatable bonds is 3. The van der Waals surface area contributed by atoms with Crippen LogP contribution in [-0.4, -0.2) is 17.8 Å². The van der Waals surface area contributed by atoms with Crippen LogP contribution in [0.25, 0.3) is 0 Å². The third kappa shape index (κ3) is 2.26. The second-order valence-electron chi connectivity index (χ2n) is 3.16. The minimum absolute atomic E-state index is 0.129. The van der Waals surface area contributed by atoms with E-state index in [9.17, 15) is 4.39 Å². The molecule has 0 saturated heterocycles. The molecule has 72 valence electrons. The van der Waals surface area contributed by atoms with Crippen LogP contribution >= 0.6 is 0 Å². The Hall–Kier alpha value is -0.930. The van der Waals surface area contributed by atoms with Gasteiger partial charge in [0.15, 0.2) is 0 Å². The molecular formula is C10H14FNO. The van der Waals surface area contributed by atoms with Crippen molar-refractivity contribution < 1.29 is 9.50 Å². The van der Waals surface area contributed by atoms with E-state index in [2.05, 4.69) is 0 Å². The van der Waals surface area contributed by atoms with Crippen LogP contribution in [0.1, 0.15) is 18.4 Å². The fourth-order valence-corrected chi connectivity index (χ4v) is 1.23. The van der Waals surface area contributed by atoms with E-state index < -0.39 is 6.04 Å². The molecule has 1 aromatic rings. The summed E-state index contributed by atoms with van der Waals surface area (Å²) < 4.78 is 13.2. The standard InChI is InChI=1S/C10H14FNO/c1-7(10(12)6-13)8-4-2-3-5-9(8)11/h2-5,7,10,13H,6,12H2,1H3. The Morgan fingerprint density at radius 3 is 2.62 bits per heavy atom. The number of aliphatic hydroxyl groups excluding tert-OH is 1. The summed E-state index contributed by atoms with van der Waals surface area (Å²) in [7, 11) is 0. The van der Waals surface area contributed by atoms with Crippen molar-refractivity contribution in [3.8, 4) is 0 Å². The predicted octanol–water partition coefficient (Wildman–Crippen LogP) is 1.25. The molecule has 3 N–H and O–H groups in total. The Morgan fingerprint density at radius 2 is 2.08 bits per heavy atom. The fourth-order valence-electron chi connectivity index (χ4n) is 1.23. The number of hydrogen-bond acceptors (Lipinski definition) is 2. The summed E-state index contributed by atoms with van der Waals surface area (Å²) in [6.07, 6.45) is 0. The van der Waals surface area contributed by atoms with Gasteiger partial charge in [0.05, 0.1) is 6.61 Å². The van der Waals surface area contributed by atoms with Gasteiger partial charge in [-0.3, -0.25) is 0 Å². The van der Waals surface area contributed by atoms with Crippen molar-refractivity contribution in [3.05, 3.63) is 35.6 Å². The second-order valence-corrected chi connectivity index (χ2v) is 3.16. The van der Waals surface area contributed by atoms with E-state index in [0.29, 0.717) is 5.56 Å². The van der Waals surface area contributed by atoms with Gasteiger partial charge in [-0.15, -0.1) is 0 Å². The third-order valence-corrected chi connectivity index (χ3v) is 2.25. The van der Waals surface area contributed by atoms with Gasteiger partial charge < -0.3 is 10.8 Å². The molecular weight excluding hydrogens is 169 g/mol. The Labute approximate surface area is 77.2 Å². The number of aliphatic hydroxyl groups is 1. The highest BCUT2D eigenvalue weighted by Gasteiger charge is 2.16. The van der Waals surface area contributed by atoms with E-state index in [1.165, 1.54) is 6.07 Å². The highest BCUT2D eigenvalue weighted by molar-refractivity contribution is 5.22. The lowest BCUT2D eigenvalue weighted by molar-refractivity contribution is 0.251. The second kappa shape index (κ2) is 4.35. The quantitative estimate of drug-likeness (QED) is 0.740. The van der Waals surface area contributed by atoms with Gasteiger partial charge in [0.2, 0.25) is 0 Å². The normalized spacial score (nSPS) is 15.4. The molecule has 0 fully saturated rings. The van der Waals surface area contributed by atoms with Crippen molar-refractivity contribution in [2.75, 3.05) is 6.61 Å². The Morgan fingerprint density at radius 1 is 1.46 bits per heavy atom. The van der Waals surface area contributed by atoms with Crippen LogP contribution in [0.4, 0.5) is 4.39 Å². The molecule has 1 aromatic carbocycles. The summed E-state index contributed by atoms with van der Waals surface area (Å²) in [6.45, 7) is 1.68. The lowest BCUT2D eigenvalue weighted by Crippen LogP contribution is -2.30. The molecule has 0 radical (unpaired) electrons. The monoisotopic (exact) mass is 183 g/mol. The first kappa shape index (κ1) is 10.2. The smallest absolute Gasteiger partial charge is 0.126 e. The average Bonchev–Trinajstić information content (AvgIpc) is 2.16. The molecule has 2 nitrogen and oxygen atoms in total. The van der Waals surface area contributed by atoms with Crippen molar-refractivity contribution in [3.63, 3.8) is 0 Å². The van der Waals surface area contributed by atoms with Gasteiger partial charge in [-0.2, -0.15) is 0 Å². The van der Waals surface area contributed by atoms with Crippen molar-refractivity contribution >= 4 is 0 Å². The van der Waals surface area contributed by atoms with Crippen LogP contribution in [0.2, 0.25) is 0 Å². The zero-order valence-electron chi connectivity index (χ0n) is 7.57. The maximum Gasteiger partial charge on any atom is 0.126 e. The van der Waals surface area contributed by atoms with Crippen molar-refractivity contribution in [2.24, 2.45) is 5.73 Å². The Kier molecular flexibility index (Phi) is 3.39. The Bertz CT molecular complexity index is 277. The van der Waals surface area contributed by atoms with Crippen LogP contribution in [-0.2, 0) is 0 Å². The Balaban J connectivity index is 2.88. The molecule has 0 aliphatic heterocycles. The summed E-state index contributed by atoms with van der Waals surface area (Å²) >= 11 is 0. The first-order chi connectivity index (χ1) is 6.16. The zero-order valence-corrected chi connectivity index (χ0v) is 7.57. The molecule has 0 saturated carbocycles. The SMILES string of the molecule is CC(c1ccccc1F)C(N)CO. The van der Waals surface area contributed by atoms with Gasteiger partial charge in [-0.05, 0) is 11.6 Å². The molecule has 0 spiro atoms. The first-order valence-corrected chi connectivity index (χ1v) is 4.27. The lowest BCUT2D eigenvalue weighted by atomic mass is 9.94. The van der Waals surface area contributed by atoms with Gasteiger partial charge in [-0.1, -0.05) is 25.1 Å². The van der Waals surface area contributed by atoms with Gasteiger partial charge in [0.25, 0.3) is 0 Å². The number of hydrogen-bond donors (Lipinski definition) is 2. The molecule has 0 heterocycles. The van der Waals surface area contributed by atoms with E-state index in [1.54, 1.807) is 25.1 Å². The van der Waals surface area contributed by atoms with E-state index in [0.717, 1.165) is 0 Å². The highest BCUT2D eigenvalue weighted by Crippen LogP contribution is 2.20. The van der Waals surface area contributed by atoms with Gasteiger partial charge >= 0.3 is 0 Å². The molecule has 0 aliphatic carbocycles. The molecule has 0 bridgehead atoms. The third-order valence-electron chi connectivity index (χ3n) is 2.25. The summed E-state index contributed by atoms with van der Waals surface area (Å²) in [5.74, 6) is -0.426. The summed E-state index contributed by atoms with van der Waals surface area (Å²) in [4.78, 5) is 0. The van der Waals surface area contributed by atoms with Crippen LogP contribution in [0, 0.1) is 5.82 Å². The molecule has 2 unspecified atom stereocenters. The molecule has 13 heavy (non-hydrogen) atoms. The summed E-state index contributed by atoms with van der Waals surface area (Å²) in [5.41, 5.74) is 6.16. The largest absolute Gasteiger partial charge is 0.395 e. The van der Waals surface area contributed by atoms with Gasteiger partial charge in [0, 0.05) is 12.0 Å². The van der Waals surface area contributed by atoms with Crippen molar-refractivity contribution in [2.45, 2.75) is 18.9 Å². The molecule has 2 atom stereocenters. The van der Waals surface area contributed by atoms with Crippen molar-refractivity contribution in [1.29, 1.82) is 0 Å². The van der Waals surface area contributed by atoms with Crippen LogP contribution in [0.3, 0.4) is 0 Å². The molecule has 0 aromatic heterocycles. The average molecular weight is 183 g/mol. The van der Waals surface area contributed by atoms with E-state index in [4.69, 9.17) is 10.8 Å². The maximum atomic E-state index is 13.2. The minimum Gasteiger partial charge on any atom is -0.395 e. The van der Waals surface area contributed by atoms with Crippen molar-refractivity contribution in [1.82, 2.24) is 0 Å². The number of halogens is 1. The van der Waals surface area contributed by atoms with Gasteiger partial charge in [0.1, 0.15) is 5.82 Å². The van der Waals surface area contributed by atoms with Crippen LogP contribution in [0.15, 0.2) is 24.3 Å². The minimum atomic E-state index is -0.406. The first-order valence-electron chi connectivity index (χ1n) is 4.27. The van der Waals surface area contributed by atoms with E-state index in [1.807, 2.05) is 0 Å². The molecule has 0 aliphatic rings. The maximum absolute atomic E-state index is 13.2. The summed E-state index contributed by atoms with van der Waals surface area (Å²) in [6, 6.07) is 6.08. The zero-order chi connectivity index (χ0) is 9.84. The molecule has 3 heteroatoms. The topological polar surface area (TPSA) is 46.2 Å². The van der Waals surface area contributed by atoms with Gasteiger partial charge in [-0.25, -0.2) is 4.39 Å². The fraction of sp³-hybridized carbons (Fsp3) is 0.400. The summed E-state index contributed by atoms with van der Waals surface area (Å²) in [5, 5.41) is 8.81. The van der Waals surface area contributed by atoms with Crippen LogP contribution < -0.4 is 5.73 Å². The van der Waals surface area contributed by atoms with E-state index in [-0.39, 0.29) is 18.3 Å². The highest BCUT2D eigenvalue weighted by atomic mass is 19.1. The van der Waals surface area contributed by atoms with Crippen LogP contribution in [0.5, 0.6) is 0 Å². The molecule has 0 amide bonds. The number of nitrogens with two attached hydrogens (primary N) is 1. The predicted molar refractivity (Wildman–Crippen MR) is 49.9 cm³/mol. The lowest BCUT2D eigenvalue weighted by Gasteiger charge is -2.18. The van der Waals surface area contributed by atoms with E-state index >= 15 is 0 Å². The molecule has 1 rings (SSSR count).